The minimum Gasteiger partial charge on any atom is -0.368 e. The van der Waals surface area contributed by atoms with Crippen LogP contribution in [0, 0.1) is 11.3 Å². The summed E-state index contributed by atoms with van der Waals surface area (Å²) < 4.78 is 0. The number of nitrogens with zero attached hydrogens (tertiary/aromatic N) is 4. The number of rotatable bonds is 3. The van der Waals surface area contributed by atoms with Crippen LogP contribution in [0.4, 0.5) is 11.5 Å². The Hall–Kier alpha value is -2.62. The molecule has 3 rings (SSSR count). The number of piperazine rings is 1. The topological polar surface area (TPSA) is 89.3 Å². The molecule has 2 aliphatic rings. The largest absolute Gasteiger partial charge is 0.368 e. The lowest BCUT2D eigenvalue weighted by atomic mass is 10.1. The first-order chi connectivity index (χ1) is 10.7. The van der Waals surface area contributed by atoms with E-state index in [9.17, 15) is 9.59 Å². The third-order valence-corrected chi connectivity index (χ3v) is 4.05. The molecule has 1 saturated heterocycles. The molecule has 0 aromatic carbocycles. The second-order valence-electron chi connectivity index (χ2n) is 5.41. The number of amides is 2. The van der Waals surface area contributed by atoms with Crippen LogP contribution >= 0.6 is 0 Å². The molecule has 0 radical (unpaired) electrons. The van der Waals surface area contributed by atoms with Crippen LogP contribution in [-0.4, -0.2) is 47.9 Å². The Balaban J connectivity index is 1.66. The van der Waals surface area contributed by atoms with Gasteiger partial charge in [-0.05, 0) is 6.07 Å². The van der Waals surface area contributed by atoms with Crippen molar-refractivity contribution in [3.63, 3.8) is 0 Å². The molecule has 0 aliphatic carbocycles. The predicted molar refractivity (Wildman–Crippen MR) is 80.2 cm³/mol. The summed E-state index contributed by atoms with van der Waals surface area (Å²) in [4.78, 5) is 31.6. The van der Waals surface area contributed by atoms with Crippen LogP contribution in [0.5, 0.6) is 0 Å². The summed E-state index contributed by atoms with van der Waals surface area (Å²) in [5.74, 6) is 0.660. The summed E-state index contributed by atoms with van der Waals surface area (Å²) in [6.45, 7) is 2.73. The van der Waals surface area contributed by atoms with Crippen molar-refractivity contribution in [2.75, 3.05) is 36.4 Å². The van der Waals surface area contributed by atoms with Crippen molar-refractivity contribution in [2.45, 2.75) is 19.3 Å². The highest BCUT2D eigenvalue weighted by molar-refractivity contribution is 6.00. The lowest BCUT2D eigenvalue weighted by molar-refractivity contribution is -0.131. The summed E-state index contributed by atoms with van der Waals surface area (Å²) in [6, 6.07) is 3.92. The standard InChI is InChI=1S/C15H17N5O2/c16-4-1-2-14(22)20-8-6-19(7-9-20)12-3-5-17-15-11(12)10-13(21)18-15/h3,5H,1-2,6-10H2,(H,17,18,21). The molecule has 1 aromatic heterocycles. The molecule has 0 atom stereocenters. The first-order valence-electron chi connectivity index (χ1n) is 7.36. The Morgan fingerprint density at radius 1 is 1.36 bits per heavy atom. The monoisotopic (exact) mass is 299 g/mol. The van der Waals surface area contributed by atoms with Crippen molar-refractivity contribution in [3.05, 3.63) is 17.8 Å². The van der Waals surface area contributed by atoms with Crippen LogP contribution in [0.2, 0.25) is 0 Å². The molecule has 2 amide bonds. The normalized spacial score (nSPS) is 17.0. The first-order valence-corrected chi connectivity index (χ1v) is 7.36. The summed E-state index contributed by atoms with van der Waals surface area (Å²) >= 11 is 0. The maximum absolute atomic E-state index is 11.9. The zero-order valence-electron chi connectivity index (χ0n) is 12.2. The number of hydrogen-bond acceptors (Lipinski definition) is 5. The van der Waals surface area contributed by atoms with E-state index in [0.717, 1.165) is 24.3 Å². The second-order valence-corrected chi connectivity index (χ2v) is 5.41. The first kappa shape index (κ1) is 14.3. The molecule has 0 spiro atoms. The maximum atomic E-state index is 11.9. The molecule has 1 N–H and O–H groups in total. The van der Waals surface area contributed by atoms with Crippen LogP contribution in [0.15, 0.2) is 12.3 Å². The van der Waals surface area contributed by atoms with Gasteiger partial charge in [0.25, 0.3) is 0 Å². The number of anilines is 2. The van der Waals surface area contributed by atoms with Crippen molar-refractivity contribution in [1.29, 1.82) is 5.26 Å². The van der Waals surface area contributed by atoms with Gasteiger partial charge in [-0.1, -0.05) is 0 Å². The second kappa shape index (κ2) is 6.02. The Kier molecular flexibility index (Phi) is 3.92. The fourth-order valence-electron chi connectivity index (χ4n) is 2.92. The van der Waals surface area contributed by atoms with Crippen LogP contribution in [0.25, 0.3) is 0 Å². The van der Waals surface area contributed by atoms with Crippen LogP contribution in [0.3, 0.4) is 0 Å². The summed E-state index contributed by atoms with van der Waals surface area (Å²) in [6.07, 6.45) is 2.62. The quantitative estimate of drug-likeness (QED) is 0.879. The van der Waals surface area contributed by atoms with E-state index in [-0.39, 0.29) is 18.2 Å². The number of hydrogen-bond donors (Lipinski definition) is 1. The molecule has 2 aliphatic heterocycles. The molecule has 0 saturated carbocycles. The van der Waals surface area contributed by atoms with Gasteiger partial charge in [-0.15, -0.1) is 0 Å². The van der Waals surface area contributed by atoms with E-state index < -0.39 is 0 Å². The number of carbonyl (C=O) groups is 2. The minimum atomic E-state index is -0.0275. The van der Waals surface area contributed by atoms with E-state index in [1.54, 1.807) is 11.1 Å². The molecule has 1 aromatic rings. The molecule has 22 heavy (non-hydrogen) atoms. The SMILES string of the molecule is N#CCCC(=O)N1CCN(c2ccnc3c2CC(=O)N3)CC1. The van der Waals surface area contributed by atoms with Gasteiger partial charge in [0.05, 0.1) is 12.5 Å². The lowest BCUT2D eigenvalue weighted by Crippen LogP contribution is -2.49. The van der Waals surface area contributed by atoms with Gasteiger partial charge in [0.15, 0.2) is 0 Å². The molecular formula is C15H17N5O2. The lowest BCUT2D eigenvalue weighted by Gasteiger charge is -2.36. The Bertz CT molecular complexity index is 644. The average molecular weight is 299 g/mol. The molecule has 7 heteroatoms. The molecular weight excluding hydrogens is 282 g/mol. The summed E-state index contributed by atoms with van der Waals surface area (Å²) in [5.41, 5.74) is 1.96. The van der Waals surface area contributed by atoms with Crippen LogP contribution < -0.4 is 10.2 Å². The van der Waals surface area contributed by atoms with Gasteiger partial charge >= 0.3 is 0 Å². The van der Waals surface area contributed by atoms with E-state index >= 15 is 0 Å². The number of pyridine rings is 1. The van der Waals surface area contributed by atoms with Gasteiger partial charge in [0, 0.05) is 56.5 Å². The average Bonchev–Trinajstić information content (AvgIpc) is 2.92. The van der Waals surface area contributed by atoms with Crippen molar-refractivity contribution >= 4 is 23.3 Å². The fourth-order valence-corrected chi connectivity index (χ4v) is 2.92. The molecule has 0 unspecified atom stereocenters. The predicted octanol–water partition coefficient (Wildman–Crippen LogP) is 0.529. The van der Waals surface area contributed by atoms with E-state index in [2.05, 4.69) is 15.2 Å². The number of fused-ring (bicyclic) bond motifs is 1. The number of carbonyl (C=O) groups excluding carboxylic acids is 2. The van der Waals surface area contributed by atoms with E-state index in [1.807, 2.05) is 12.1 Å². The Labute approximate surface area is 128 Å². The van der Waals surface area contributed by atoms with E-state index in [0.29, 0.717) is 31.7 Å². The third kappa shape index (κ3) is 2.72. The van der Waals surface area contributed by atoms with Gasteiger partial charge in [-0.3, -0.25) is 9.59 Å². The Morgan fingerprint density at radius 2 is 2.14 bits per heavy atom. The highest BCUT2D eigenvalue weighted by Crippen LogP contribution is 2.31. The number of nitrogens with one attached hydrogen (secondary N) is 1. The van der Waals surface area contributed by atoms with E-state index in [4.69, 9.17) is 5.26 Å². The molecule has 7 nitrogen and oxygen atoms in total. The smallest absolute Gasteiger partial charge is 0.230 e. The highest BCUT2D eigenvalue weighted by Gasteiger charge is 2.27. The number of nitriles is 1. The zero-order valence-corrected chi connectivity index (χ0v) is 12.2. The maximum Gasteiger partial charge on any atom is 0.230 e. The minimum absolute atomic E-state index is 0.0275. The zero-order chi connectivity index (χ0) is 15.5. The Morgan fingerprint density at radius 3 is 2.86 bits per heavy atom. The van der Waals surface area contributed by atoms with Gasteiger partial charge in [0.2, 0.25) is 11.8 Å². The van der Waals surface area contributed by atoms with Gasteiger partial charge in [-0.2, -0.15) is 5.26 Å². The molecule has 3 heterocycles. The van der Waals surface area contributed by atoms with E-state index in [1.165, 1.54) is 0 Å². The third-order valence-electron chi connectivity index (χ3n) is 4.05. The molecule has 114 valence electrons. The van der Waals surface area contributed by atoms with Crippen molar-refractivity contribution in [3.8, 4) is 6.07 Å². The summed E-state index contributed by atoms with van der Waals surface area (Å²) in [5, 5.41) is 11.3. The number of aromatic nitrogens is 1. The highest BCUT2D eigenvalue weighted by atomic mass is 16.2. The van der Waals surface area contributed by atoms with Gasteiger partial charge in [0.1, 0.15) is 5.82 Å². The van der Waals surface area contributed by atoms with Crippen molar-refractivity contribution in [1.82, 2.24) is 9.88 Å². The molecule has 1 fully saturated rings. The molecule has 0 bridgehead atoms. The van der Waals surface area contributed by atoms with Gasteiger partial charge < -0.3 is 15.1 Å². The van der Waals surface area contributed by atoms with Crippen molar-refractivity contribution in [2.24, 2.45) is 0 Å². The summed E-state index contributed by atoms with van der Waals surface area (Å²) in [7, 11) is 0. The van der Waals surface area contributed by atoms with Crippen LogP contribution in [-0.2, 0) is 16.0 Å². The van der Waals surface area contributed by atoms with Crippen molar-refractivity contribution < 1.29 is 9.59 Å². The fraction of sp³-hybridized carbons (Fsp3) is 0.467. The van der Waals surface area contributed by atoms with Gasteiger partial charge in [-0.25, -0.2) is 4.98 Å². The van der Waals surface area contributed by atoms with Crippen LogP contribution in [0.1, 0.15) is 18.4 Å².